The van der Waals surface area contributed by atoms with Crippen LogP contribution in [0, 0.1) is 5.92 Å². The van der Waals surface area contributed by atoms with Gasteiger partial charge < -0.3 is 10.8 Å². The second kappa shape index (κ2) is 4.75. The maximum Gasteiger partial charge on any atom is 0.320 e. The zero-order valence-electron chi connectivity index (χ0n) is 8.94. The van der Waals surface area contributed by atoms with Crippen molar-refractivity contribution in [1.29, 1.82) is 0 Å². The Bertz CT molecular complexity index is 204. The summed E-state index contributed by atoms with van der Waals surface area (Å²) in [5, 5.41) is 9.01. The van der Waals surface area contributed by atoms with Gasteiger partial charge in [-0.1, -0.05) is 6.92 Å². The third-order valence-corrected chi connectivity index (χ3v) is 3.09. The molecule has 82 valence electrons. The maximum atomic E-state index is 11.0. The van der Waals surface area contributed by atoms with E-state index in [4.69, 9.17) is 10.8 Å². The molecule has 1 aliphatic rings. The predicted molar refractivity (Wildman–Crippen MR) is 55.0 cm³/mol. The van der Waals surface area contributed by atoms with Gasteiger partial charge in [-0.2, -0.15) is 0 Å². The SMILES string of the molecule is CCC(C(=O)O)N(C)C(CN)C1CC1. The number of hydrogen-bond donors (Lipinski definition) is 2. The Hall–Kier alpha value is -0.610. The predicted octanol–water partition coefficient (Wildman–Crippen LogP) is 0.519. The number of carbonyl (C=O) groups is 1. The molecule has 0 aromatic carbocycles. The fourth-order valence-corrected chi connectivity index (χ4v) is 2.04. The van der Waals surface area contributed by atoms with E-state index in [1.54, 1.807) is 0 Å². The lowest BCUT2D eigenvalue weighted by Gasteiger charge is -2.31. The van der Waals surface area contributed by atoms with Crippen LogP contribution in [0.1, 0.15) is 26.2 Å². The third-order valence-electron chi connectivity index (χ3n) is 3.09. The molecule has 0 heterocycles. The smallest absolute Gasteiger partial charge is 0.320 e. The molecule has 1 fully saturated rings. The van der Waals surface area contributed by atoms with Crippen molar-refractivity contribution in [3.8, 4) is 0 Å². The topological polar surface area (TPSA) is 66.6 Å². The second-order valence-electron chi connectivity index (χ2n) is 4.07. The van der Waals surface area contributed by atoms with Gasteiger partial charge in [-0.05, 0) is 32.2 Å². The van der Waals surface area contributed by atoms with Gasteiger partial charge in [-0.15, -0.1) is 0 Å². The number of carboxylic acid groups (broad SMARTS) is 1. The average Bonchev–Trinajstić information content (AvgIpc) is 2.90. The van der Waals surface area contributed by atoms with Crippen molar-refractivity contribution in [2.24, 2.45) is 11.7 Å². The van der Waals surface area contributed by atoms with Crippen molar-refractivity contribution >= 4 is 5.97 Å². The van der Waals surface area contributed by atoms with E-state index >= 15 is 0 Å². The van der Waals surface area contributed by atoms with E-state index in [0.717, 1.165) is 0 Å². The van der Waals surface area contributed by atoms with E-state index in [9.17, 15) is 4.79 Å². The summed E-state index contributed by atoms with van der Waals surface area (Å²) >= 11 is 0. The Morgan fingerprint density at radius 2 is 2.21 bits per heavy atom. The highest BCUT2D eigenvalue weighted by molar-refractivity contribution is 5.73. The molecule has 0 amide bonds. The van der Waals surface area contributed by atoms with Crippen LogP contribution in [0.5, 0.6) is 0 Å². The van der Waals surface area contributed by atoms with Crippen LogP contribution in [0.15, 0.2) is 0 Å². The Labute approximate surface area is 85.1 Å². The van der Waals surface area contributed by atoms with Crippen molar-refractivity contribution in [3.05, 3.63) is 0 Å². The average molecular weight is 200 g/mol. The van der Waals surface area contributed by atoms with Crippen LogP contribution in [-0.2, 0) is 4.79 Å². The zero-order chi connectivity index (χ0) is 10.7. The molecule has 0 aromatic heterocycles. The summed E-state index contributed by atoms with van der Waals surface area (Å²) in [6.07, 6.45) is 3.03. The molecule has 2 atom stereocenters. The number of rotatable bonds is 6. The highest BCUT2D eigenvalue weighted by atomic mass is 16.4. The molecule has 0 radical (unpaired) electrons. The number of likely N-dealkylation sites (N-methyl/N-ethyl adjacent to an activating group) is 1. The molecule has 1 rings (SSSR count). The lowest BCUT2D eigenvalue weighted by atomic mass is 10.1. The van der Waals surface area contributed by atoms with E-state index in [1.807, 2.05) is 18.9 Å². The second-order valence-corrected chi connectivity index (χ2v) is 4.07. The molecule has 1 aliphatic carbocycles. The minimum atomic E-state index is -0.742. The van der Waals surface area contributed by atoms with Crippen LogP contribution < -0.4 is 5.73 Å². The number of nitrogens with zero attached hydrogens (tertiary/aromatic N) is 1. The van der Waals surface area contributed by atoms with Crippen LogP contribution in [-0.4, -0.2) is 41.7 Å². The first-order valence-corrected chi connectivity index (χ1v) is 5.26. The van der Waals surface area contributed by atoms with Crippen LogP contribution >= 0.6 is 0 Å². The highest BCUT2D eigenvalue weighted by Gasteiger charge is 2.36. The molecule has 1 saturated carbocycles. The largest absolute Gasteiger partial charge is 0.480 e. The minimum absolute atomic E-state index is 0.246. The zero-order valence-corrected chi connectivity index (χ0v) is 8.94. The van der Waals surface area contributed by atoms with E-state index < -0.39 is 5.97 Å². The van der Waals surface area contributed by atoms with Crippen LogP contribution in [0.4, 0.5) is 0 Å². The van der Waals surface area contributed by atoms with Crippen LogP contribution in [0.3, 0.4) is 0 Å². The molecule has 4 nitrogen and oxygen atoms in total. The first kappa shape index (κ1) is 11.5. The molecule has 0 bridgehead atoms. The van der Waals surface area contributed by atoms with Gasteiger partial charge in [-0.25, -0.2) is 0 Å². The molecule has 3 N–H and O–H groups in total. The van der Waals surface area contributed by atoms with Gasteiger partial charge >= 0.3 is 5.97 Å². The molecule has 14 heavy (non-hydrogen) atoms. The quantitative estimate of drug-likeness (QED) is 0.656. The summed E-state index contributed by atoms with van der Waals surface area (Å²) in [4.78, 5) is 12.9. The molecular formula is C10H20N2O2. The van der Waals surface area contributed by atoms with Gasteiger partial charge in [0, 0.05) is 12.6 Å². The minimum Gasteiger partial charge on any atom is -0.480 e. The van der Waals surface area contributed by atoms with E-state index in [2.05, 4.69) is 0 Å². The Morgan fingerprint density at radius 1 is 1.64 bits per heavy atom. The van der Waals surface area contributed by atoms with Gasteiger partial charge in [0.25, 0.3) is 0 Å². The van der Waals surface area contributed by atoms with Crippen LogP contribution in [0.2, 0.25) is 0 Å². The number of carboxylic acids is 1. The monoisotopic (exact) mass is 200 g/mol. The van der Waals surface area contributed by atoms with Crippen molar-refractivity contribution in [2.75, 3.05) is 13.6 Å². The van der Waals surface area contributed by atoms with Crippen molar-refractivity contribution in [3.63, 3.8) is 0 Å². The lowest BCUT2D eigenvalue weighted by Crippen LogP contribution is -2.48. The summed E-state index contributed by atoms with van der Waals surface area (Å²) in [6.45, 7) is 2.46. The number of nitrogens with two attached hydrogens (primary N) is 1. The first-order valence-electron chi connectivity index (χ1n) is 5.26. The van der Waals surface area contributed by atoms with Crippen LogP contribution in [0.25, 0.3) is 0 Å². The van der Waals surface area contributed by atoms with Gasteiger partial charge in [0.15, 0.2) is 0 Å². The molecule has 0 aromatic rings. The normalized spacial score (nSPS) is 20.9. The molecular weight excluding hydrogens is 180 g/mol. The Morgan fingerprint density at radius 3 is 2.50 bits per heavy atom. The Kier molecular flexibility index (Phi) is 3.89. The fraction of sp³-hybridized carbons (Fsp3) is 0.900. The summed E-state index contributed by atoms with van der Waals surface area (Å²) < 4.78 is 0. The highest BCUT2D eigenvalue weighted by Crippen LogP contribution is 2.35. The van der Waals surface area contributed by atoms with Crippen molar-refractivity contribution in [2.45, 2.75) is 38.3 Å². The van der Waals surface area contributed by atoms with Gasteiger partial charge in [0.1, 0.15) is 6.04 Å². The summed E-state index contributed by atoms with van der Waals surface area (Å²) in [5.41, 5.74) is 5.67. The van der Waals surface area contributed by atoms with E-state index in [0.29, 0.717) is 18.9 Å². The Balaban J connectivity index is 2.58. The maximum absolute atomic E-state index is 11.0. The first-order chi connectivity index (χ1) is 6.61. The summed E-state index contributed by atoms with van der Waals surface area (Å²) in [7, 11) is 1.87. The molecule has 0 spiro atoms. The van der Waals surface area contributed by atoms with Gasteiger partial charge in [0.2, 0.25) is 0 Å². The lowest BCUT2D eigenvalue weighted by molar-refractivity contribution is -0.143. The van der Waals surface area contributed by atoms with E-state index in [-0.39, 0.29) is 12.1 Å². The number of hydrogen-bond acceptors (Lipinski definition) is 3. The van der Waals surface area contributed by atoms with Crippen molar-refractivity contribution in [1.82, 2.24) is 4.90 Å². The van der Waals surface area contributed by atoms with E-state index in [1.165, 1.54) is 12.8 Å². The van der Waals surface area contributed by atoms with Crippen molar-refractivity contribution < 1.29 is 9.90 Å². The summed E-state index contributed by atoms with van der Waals surface area (Å²) in [6, 6.07) is -0.139. The standard InChI is InChI=1S/C10H20N2O2/c1-3-8(10(13)14)12(2)9(6-11)7-4-5-7/h7-9H,3-6,11H2,1-2H3,(H,13,14). The molecule has 2 unspecified atom stereocenters. The molecule has 0 aliphatic heterocycles. The summed E-state index contributed by atoms with van der Waals surface area (Å²) in [5.74, 6) is -0.118. The molecule has 4 heteroatoms. The third kappa shape index (κ3) is 2.45. The van der Waals surface area contributed by atoms with Gasteiger partial charge in [-0.3, -0.25) is 9.69 Å². The molecule has 0 saturated heterocycles. The van der Waals surface area contributed by atoms with Gasteiger partial charge in [0.05, 0.1) is 0 Å². The number of aliphatic carboxylic acids is 1. The fourth-order valence-electron chi connectivity index (χ4n) is 2.04.